The second-order valence-corrected chi connectivity index (χ2v) is 4.94. The number of hydrogen-bond donors (Lipinski definition) is 2. The van der Waals surface area contributed by atoms with E-state index in [1.165, 1.54) is 19.3 Å². The van der Waals surface area contributed by atoms with Crippen LogP contribution in [0.4, 0.5) is 0 Å². The number of rotatable bonds is 5. The molecular weight excluding hydrogens is 196 g/mol. The van der Waals surface area contributed by atoms with Crippen LogP contribution in [0.25, 0.3) is 0 Å². The first-order chi connectivity index (χ1) is 6.72. The summed E-state index contributed by atoms with van der Waals surface area (Å²) in [6.07, 6.45) is 6.08. The molecule has 0 saturated heterocycles. The van der Waals surface area contributed by atoms with Crippen LogP contribution in [0.15, 0.2) is 0 Å². The number of hydrogen-bond acceptors (Lipinski definition) is 3. The van der Waals surface area contributed by atoms with Crippen molar-refractivity contribution < 1.29 is 4.79 Å². The molecule has 1 rings (SSSR count). The van der Waals surface area contributed by atoms with E-state index >= 15 is 0 Å². The van der Waals surface area contributed by atoms with E-state index in [1.807, 2.05) is 11.8 Å². The Hall–Kier alpha value is -0.220. The predicted octanol–water partition coefficient (Wildman–Crippen LogP) is 0.996. The molecule has 0 radical (unpaired) electrons. The molecule has 1 fully saturated rings. The second-order valence-electron chi connectivity index (χ2n) is 3.80. The topological polar surface area (TPSA) is 41.1 Å². The van der Waals surface area contributed by atoms with Crippen molar-refractivity contribution in [2.24, 2.45) is 0 Å². The smallest absolute Gasteiger partial charge is 0.216 e. The summed E-state index contributed by atoms with van der Waals surface area (Å²) in [5.74, 6) is 0.0558. The molecule has 0 heterocycles. The van der Waals surface area contributed by atoms with Crippen LogP contribution in [0.1, 0.15) is 26.2 Å². The Balaban J connectivity index is 2.00. The van der Waals surface area contributed by atoms with Crippen molar-refractivity contribution in [3.63, 3.8) is 0 Å². The fourth-order valence-electron chi connectivity index (χ4n) is 1.85. The van der Waals surface area contributed by atoms with Crippen molar-refractivity contribution in [1.29, 1.82) is 0 Å². The lowest BCUT2D eigenvalue weighted by atomic mass is 10.2. The average molecular weight is 216 g/mol. The third-order valence-corrected chi connectivity index (χ3v) is 3.74. The van der Waals surface area contributed by atoms with Gasteiger partial charge in [0.05, 0.1) is 0 Å². The molecule has 0 bridgehead atoms. The van der Waals surface area contributed by atoms with Gasteiger partial charge in [0.25, 0.3) is 0 Å². The van der Waals surface area contributed by atoms with E-state index in [0.717, 1.165) is 18.3 Å². The van der Waals surface area contributed by atoms with Crippen molar-refractivity contribution in [2.75, 3.05) is 19.3 Å². The van der Waals surface area contributed by atoms with E-state index in [4.69, 9.17) is 0 Å². The largest absolute Gasteiger partial charge is 0.355 e. The fourth-order valence-corrected chi connectivity index (χ4v) is 2.65. The van der Waals surface area contributed by atoms with E-state index in [-0.39, 0.29) is 5.91 Å². The zero-order chi connectivity index (χ0) is 10.4. The Morgan fingerprint density at radius 2 is 2.21 bits per heavy atom. The van der Waals surface area contributed by atoms with Gasteiger partial charge in [0.15, 0.2) is 0 Å². The average Bonchev–Trinajstić information content (AvgIpc) is 2.60. The highest BCUT2D eigenvalue weighted by atomic mass is 32.2. The number of carbonyl (C=O) groups excluding carboxylic acids is 1. The highest BCUT2D eigenvalue weighted by Crippen LogP contribution is 2.27. The normalized spacial score (nSPS) is 26.4. The van der Waals surface area contributed by atoms with Crippen LogP contribution in [-0.4, -0.2) is 36.5 Å². The zero-order valence-electron chi connectivity index (χ0n) is 9.01. The summed E-state index contributed by atoms with van der Waals surface area (Å²) in [4.78, 5) is 10.6. The van der Waals surface area contributed by atoms with Crippen LogP contribution in [-0.2, 0) is 4.79 Å². The molecule has 0 spiro atoms. The molecule has 2 unspecified atom stereocenters. The van der Waals surface area contributed by atoms with Gasteiger partial charge in [-0.3, -0.25) is 4.79 Å². The van der Waals surface area contributed by atoms with Crippen LogP contribution in [0.3, 0.4) is 0 Å². The fraction of sp³-hybridized carbons (Fsp3) is 0.900. The molecule has 0 aromatic heterocycles. The van der Waals surface area contributed by atoms with Crippen molar-refractivity contribution in [3.05, 3.63) is 0 Å². The van der Waals surface area contributed by atoms with Gasteiger partial charge in [-0.1, -0.05) is 0 Å². The number of thioether (sulfide) groups is 1. The Bertz CT molecular complexity index is 187. The van der Waals surface area contributed by atoms with Gasteiger partial charge in [-0.15, -0.1) is 0 Å². The summed E-state index contributed by atoms with van der Waals surface area (Å²) in [7, 11) is 0. The van der Waals surface area contributed by atoms with Gasteiger partial charge < -0.3 is 10.6 Å². The van der Waals surface area contributed by atoms with Crippen molar-refractivity contribution in [3.8, 4) is 0 Å². The highest BCUT2D eigenvalue weighted by molar-refractivity contribution is 7.99. The minimum Gasteiger partial charge on any atom is -0.355 e. The standard InChI is InChI=1S/C10H20N2OS/c1-8(13)11-5-6-12-9-3-4-10(7-9)14-2/h9-10,12H,3-7H2,1-2H3,(H,11,13). The lowest BCUT2D eigenvalue weighted by Gasteiger charge is -2.12. The van der Waals surface area contributed by atoms with E-state index in [9.17, 15) is 4.79 Å². The number of amides is 1. The predicted molar refractivity (Wildman–Crippen MR) is 61.6 cm³/mol. The summed E-state index contributed by atoms with van der Waals surface area (Å²) < 4.78 is 0. The number of nitrogens with one attached hydrogen (secondary N) is 2. The van der Waals surface area contributed by atoms with E-state index in [1.54, 1.807) is 6.92 Å². The Morgan fingerprint density at radius 3 is 2.79 bits per heavy atom. The molecule has 0 aliphatic heterocycles. The first-order valence-corrected chi connectivity index (χ1v) is 6.51. The molecule has 1 amide bonds. The second kappa shape index (κ2) is 6.30. The van der Waals surface area contributed by atoms with Crippen molar-refractivity contribution >= 4 is 17.7 Å². The van der Waals surface area contributed by atoms with Gasteiger partial charge in [0.2, 0.25) is 5.91 Å². The lowest BCUT2D eigenvalue weighted by Crippen LogP contribution is -2.35. The van der Waals surface area contributed by atoms with Gasteiger partial charge in [-0.2, -0.15) is 11.8 Å². The highest BCUT2D eigenvalue weighted by Gasteiger charge is 2.22. The summed E-state index contributed by atoms with van der Waals surface area (Å²) in [5.41, 5.74) is 0. The SMILES string of the molecule is CSC1CCC(NCCNC(C)=O)C1. The van der Waals surface area contributed by atoms with E-state index in [0.29, 0.717) is 6.04 Å². The molecule has 0 aromatic carbocycles. The molecule has 4 heteroatoms. The molecule has 1 saturated carbocycles. The maximum atomic E-state index is 10.6. The van der Waals surface area contributed by atoms with Crippen LogP contribution in [0.5, 0.6) is 0 Å². The third-order valence-electron chi connectivity index (χ3n) is 2.65. The molecule has 2 N–H and O–H groups in total. The van der Waals surface area contributed by atoms with E-state index in [2.05, 4.69) is 16.9 Å². The molecule has 1 aliphatic carbocycles. The Labute approximate surface area is 90.4 Å². The number of carbonyl (C=O) groups is 1. The zero-order valence-corrected chi connectivity index (χ0v) is 9.82. The van der Waals surface area contributed by atoms with Crippen molar-refractivity contribution in [1.82, 2.24) is 10.6 Å². The minimum atomic E-state index is 0.0558. The first-order valence-electron chi connectivity index (χ1n) is 5.23. The van der Waals surface area contributed by atoms with Gasteiger partial charge >= 0.3 is 0 Å². The quantitative estimate of drug-likeness (QED) is 0.674. The maximum Gasteiger partial charge on any atom is 0.216 e. The molecule has 2 atom stereocenters. The maximum absolute atomic E-state index is 10.6. The summed E-state index contributed by atoms with van der Waals surface area (Å²) >= 11 is 1.97. The van der Waals surface area contributed by atoms with Crippen LogP contribution < -0.4 is 10.6 Å². The van der Waals surface area contributed by atoms with Gasteiger partial charge in [-0.25, -0.2) is 0 Å². The Morgan fingerprint density at radius 1 is 1.43 bits per heavy atom. The van der Waals surface area contributed by atoms with Crippen LogP contribution in [0.2, 0.25) is 0 Å². The van der Waals surface area contributed by atoms with Crippen LogP contribution >= 0.6 is 11.8 Å². The van der Waals surface area contributed by atoms with Gasteiger partial charge in [0.1, 0.15) is 0 Å². The van der Waals surface area contributed by atoms with Crippen LogP contribution in [0, 0.1) is 0 Å². The summed E-state index contributed by atoms with van der Waals surface area (Å²) in [6.45, 7) is 3.19. The van der Waals surface area contributed by atoms with Crippen molar-refractivity contribution in [2.45, 2.75) is 37.5 Å². The Kier molecular flexibility index (Phi) is 5.33. The van der Waals surface area contributed by atoms with E-state index < -0.39 is 0 Å². The third kappa shape index (κ3) is 4.33. The molecule has 1 aliphatic rings. The van der Waals surface area contributed by atoms with Gasteiger partial charge in [0, 0.05) is 31.3 Å². The monoisotopic (exact) mass is 216 g/mol. The van der Waals surface area contributed by atoms with Gasteiger partial charge in [-0.05, 0) is 25.5 Å². The minimum absolute atomic E-state index is 0.0558. The molecule has 0 aromatic rings. The molecule has 3 nitrogen and oxygen atoms in total. The molecule has 82 valence electrons. The lowest BCUT2D eigenvalue weighted by molar-refractivity contribution is -0.118. The summed E-state index contributed by atoms with van der Waals surface area (Å²) in [6, 6.07) is 0.668. The first kappa shape index (κ1) is 11.9. The molecule has 14 heavy (non-hydrogen) atoms. The summed E-state index contributed by atoms with van der Waals surface area (Å²) in [5, 5.41) is 7.10. The molecular formula is C10H20N2OS.